The van der Waals surface area contributed by atoms with Crippen molar-refractivity contribution in [2.45, 2.75) is 32.7 Å². The zero-order valence-electron chi connectivity index (χ0n) is 12.7. The van der Waals surface area contributed by atoms with E-state index < -0.39 is 0 Å². The molecule has 1 aromatic heterocycles. The number of aromatic nitrogens is 1. The lowest BCUT2D eigenvalue weighted by atomic mass is 10.2. The Morgan fingerprint density at radius 2 is 1.95 bits per heavy atom. The molecule has 20 heavy (non-hydrogen) atoms. The van der Waals surface area contributed by atoms with Crippen LogP contribution < -0.4 is 5.32 Å². The summed E-state index contributed by atoms with van der Waals surface area (Å²) in [5.41, 5.74) is 2.67. The van der Waals surface area contributed by atoms with Crippen LogP contribution in [0.2, 0.25) is 0 Å². The van der Waals surface area contributed by atoms with E-state index in [9.17, 15) is 0 Å². The minimum absolute atomic E-state index is 0.864. The average Bonchev–Trinajstić information content (AvgIpc) is 2.79. The molecule has 0 atom stereocenters. The third-order valence-electron chi connectivity index (χ3n) is 3.58. The molecule has 0 unspecified atom stereocenters. The fourth-order valence-electron chi connectivity index (χ4n) is 2.44. The molecule has 0 aliphatic carbocycles. The summed E-state index contributed by atoms with van der Waals surface area (Å²) in [6.45, 7) is 5.89. The van der Waals surface area contributed by atoms with Crippen molar-refractivity contribution in [2.75, 3.05) is 19.8 Å². The number of hydrogen-bond donors (Lipinski definition) is 1. The maximum absolute atomic E-state index is 5.56. The van der Waals surface area contributed by atoms with E-state index in [0.717, 1.165) is 32.7 Å². The normalized spacial score (nSPS) is 11.3. The second-order valence-corrected chi connectivity index (χ2v) is 5.28. The number of nitrogens with zero attached hydrogens (tertiary/aromatic N) is 1. The van der Waals surface area contributed by atoms with Crippen molar-refractivity contribution in [3.63, 3.8) is 0 Å². The van der Waals surface area contributed by atoms with E-state index in [1.54, 1.807) is 0 Å². The molecule has 1 heterocycles. The summed E-state index contributed by atoms with van der Waals surface area (Å²) >= 11 is 0. The van der Waals surface area contributed by atoms with Crippen molar-refractivity contribution in [1.82, 2.24) is 9.88 Å². The highest BCUT2D eigenvalue weighted by atomic mass is 16.5. The Morgan fingerprint density at radius 3 is 2.80 bits per heavy atom. The van der Waals surface area contributed by atoms with Gasteiger partial charge in [0, 0.05) is 43.9 Å². The molecule has 3 nitrogen and oxygen atoms in total. The van der Waals surface area contributed by atoms with Gasteiger partial charge >= 0.3 is 0 Å². The standard InChI is InChI=1S/C17H26N2O/c1-3-4-11-20-12-7-10-18-13-15-14-19(2)17-9-6-5-8-16(15)17/h5-6,8-9,14,18H,3-4,7,10-13H2,1-2H3. The van der Waals surface area contributed by atoms with Crippen LogP contribution in [0.4, 0.5) is 0 Å². The highest BCUT2D eigenvalue weighted by Crippen LogP contribution is 2.19. The van der Waals surface area contributed by atoms with Crippen molar-refractivity contribution in [3.8, 4) is 0 Å². The molecule has 0 radical (unpaired) electrons. The van der Waals surface area contributed by atoms with Crippen LogP contribution in [0.25, 0.3) is 10.9 Å². The molecule has 2 rings (SSSR count). The molecule has 0 amide bonds. The fraction of sp³-hybridized carbons (Fsp3) is 0.529. The summed E-state index contributed by atoms with van der Waals surface area (Å²) in [7, 11) is 2.10. The van der Waals surface area contributed by atoms with E-state index in [1.807, 2.05) is 0 Å². The van der Waals surface area contributed by atoms with Crippen molar-refractivity contribution >= 4 is 10.9 Å². The molecule has 0 spiro atoms. The first-order chi connectivity index (χ1) is 9.83. The molecule has 110 valence electrons. The Labute approximate surface area is 121 Å². The summed E-state index contributed by atoms with van der Waals surface area (Å²) in [5, 5.41) is 4.85. The van der Waals surface area contributed by atoms with Gasteiger partial charge in [0.1, 0.15) is 0 Å². The van der Waals surface area contributed by atoms with Crippen LogP contribution in [-0.4, -0.2) is 24.3 Å². The van der Waals surface area contributed by atoms with Gasteiger partial charge in [-0.05, 0) is 31.0 Å². The van der Waals surface area contributed by atoms with Crippen LogP contribution in [0.1, 0.15) is 31.7 Å². The number of aryl methyl sites for hydroxylation is 1. The van der Waals surface area contributed by atoms with Crippen LogP contribution in [0.5, 0.6) is 0 Å². The van der Waals surface area contributed by atoms with Crippen LogP contribution in [-0.2, 0) is 18.3 Å². The lowest BCUT2D eigenvalue weighted by molar-refractivity contribution is 0.129. The first-order valence-electron chi connectivity index (χ1n) is 7.64. The number of para-hydroxylation sites is 1. The van der Waals surface area contributed by atoms with Gasteiger partial charge < -0.3 is 14.6 Å². The van der Waals surface area contributed by atoms with Gasteiger partial charge in [0.2, 0.25) is 0 Å². The van der Waals surface area contributed by atoms with Gasteiger partial charge in [-0.3, -0.25) is 0 Å². The fourth-order valence-corrected chi connectivity index (χ4v) is 2.44. The summed E-state index contributed by atoms with van der Waals surface area (Å²) in [6.07, 6.45) is 5.67. The Bertz CT molecular complexity index is 519. The van der Waals surface area contributed by atoms with Gasteiger partial charge in [0.15, 0.2) is 0 Å². The van der Waals surface area contributed by atoms with E-state index in [1.165, 1.54) is 29.3 Å². The summed E-state index contributed by atoms with van der Waals surface area (Å²) in [5.74, 6) is 0. The molecule has 0 fully saturated rings. The minimum atomic E-state index is 0.864. The predicted molar refractivity (Wildman–Crippen MR) is 85.0 cm³/mol. The smallest absolute Gasteiger partial charge is 0.0481 e. The van der Waals surface area contributed by atoms with Gasteiger partial charge in [-0.1, -0.05) is 31.5 Å². The lowest BCUT2D eigenvalue weighted by Gasteiger charge is -2.05. The van der Waals surface area contributed by atoms with E-state index in [2.05, 4.69) is 54.3 Å². The van der Waals surface area contributed by atoms with E-state index in [-0.39, 0.29) is 0 Å². The van der Waals surface area contributed by atoms with Crippen LogP contribution in [0.3, 0.4) is 0 Å². The zero-order valence-corrected chi connectivity index (χ0v) is 12.7. The monoisotopic (exact) mass is 274 g/mol. The van der Waals surface area contributed by atoms with Gasteiger partial charge in [-0.25, -0.2) is 0 Å². The molecule has 1 N–H and O–H groups in total. The second-order valence-electron chi connectivity index (χ2n) is 5.28. The molecule has 1 aromatic carbocycles. The largest absolute Gasteiger partial charge is 0.381 e. The second kappa shape index (κ2) is 8.08. The van der Waals surface area contributed by atoms with Crippen molar-refractivity contribution in [2.24, 2.45) is 7.05 Å². The predicted octanol–water partition coefficient (Wildman–Crippen LogP) is 3.47. The van der Waals surface area contributed by atoms with Crippen LogP contribution >= 0.6 is 0 Å². The molecule has 0 bridgehead atoms. The molecule has 2 aromatic rings. The number of hydrogen-bond acceptors (Lipinski definition) is 2. The molecule has 0 aliphatic rings. The highest BCUT2D eigenvalue weighted by molar-refractivity contribution is 5.83. The van der Waals surface area contributed by atoms with E-state index in [4.69, 9.17) is 4.74 Å². The van der Waals surface area contributed by atoms with E-state index >= 15 is 0 Å². The van der Waals surface area contributed by atoms with Crippen molar-refractivity contribution in [1.29, 1.82) is 0 Å². The molecule has 0 saturated heterocycles. The molecule has 0 aliphatic heterocycles. The number of ether oxygens (including phenoxy) is 1. The topological polar surface area (TPSA) is 26.2 Å². The van der Waals surface area contributed by atoms with Crippen LogP contribution in [0, 0.1) is 0 Å². The van der Waals surface area contributed by atoms with Gasteiger partial charge in [-0.2, -0.15) is 0 Å². The summed E-state index contributed by atoms with van der Waals surface area (Å²) in [4.78, 5) is 0. The summed E-state index contributed by atoms with van der Waals surface area (Å²) in [6, 6.07) is 8.56. The Hall–Kier alpha value is -1.32. The maximum Gasteiger partial charge on any atom is 0.0481 e. The molecular formula is C17H26N2O. The molecule has 3 heteroatoms. The van der Waals surface area contributed by atoms with Crippen molar-refractivity contribution in [3.05, 3.63) is 36.0 Å². The Balaban J connectivity index is 1.71. The number of rotatable bonds is 9. The molecule has 0 saturated carbocycles. The molecular weight excluding hydrogens is 248 g/mol. The summed E-state index contributed by atoms with van der Waals surface area (Å²) < 4.78 is 7.75. The van der Waals surface area contributed by atoms with Gasteiger partial charge in [0.25, 0.3) is 0 Å². The van der Waals surface area contributed by atoms with E-state index in [0.29, 0.717) is 0 Å². The first-order valence-corrected chi connectivity index (χ1v) is 7.64. The Kier molecular flexibility index (Phi) is 6.09. The highest BCUT2D eigenvalue weighted by Gasteiger charge is 2.04. The quantitative estimate of drug-likeness (QED) is 0.709. The minimum Gasteiger partial charge on any atom is -0.381 e. The van der Waals surface area contributed by atoms with Crippen LogP contribution in [0.15, 0.2) is 30.5 Å². The average molecular weight is 274 g/mol. The van der Waals surface area contributed by atoms with Crippen molar-refractivity contribution < 1.29 is 4.74 Å². The maximum atomic E-state index is 5.56. The zero-order chi connectivity index (χ0) is 14.2. The van der Waals surface area contributed by atoms with Gasteiger partial charge in [-0.15, -0.1) is 0 Å². The number of benzene rings is 1. The van der Waals surface area contributed by atoms with Gasteiger partial charge in [0.05, 0.1) is 0 Å². The third kappa shape index (κ3) is 4.09. The lowest BCUT2D eigenvalue weighted by Crippen LogP contribution is -2.16. The number of fused-ring (bicyclic) bond motifs is 1. The number of nitrogens with one attached hydrogen (secondary N) is 1. The Morgan fingerprint density at radius 1 is 1.15 bits per heavy atom. The third-order valence-corrected chi connectivity index (χ3v) is 3.58. The SMILES string of the molecule is CCCCOCCCNCc1cn(C)c2ccccc12. The number of unbranched alkanes of at least 4 members (excludes halogenated alkanes) is 1. The first kappa shape index (κ1) is 15.1.